The summed E-state index contributed by atoms with van der Waals surface area (Å²) in [6.07, 6.45) is 1.22. The number of hydrogen-bond acceptors (Lipinski definition) is 6. The molecular weight excluding hydrogens is 278 g/mol. The van der Waals surface area contributed by atoms with Crippen LogP contribution in [0.1, 0.15) is 12.5 Å². The normalized spacial score (nSPS) is 10.7. The summed E-state index contributed by atoms with van der Waals surface area (Å²) in [7, 11) is 1.18. The van der Waals surface area contributed by atoms with Crippen molar-refractivity contribution in [2.75, 3.05) is 12.4 Å². The molecule has 1 aromatic carbocycles. The van der Waals surface area contributed by atoms with Gasteiger partial charge in [-0.1, -0.05) is 6.07 Å². The van der Waals surface area contributed by atoms with Gasteiger partial charge in [0.15, 0.2) is 0 Å². The van der Waals surface area contributed by atoms with Crippen LogP contribution in [0.5, 0.6) is 0 Å². The van der Waals surface area contributed by atoms with Crippen LogP contribution in [0, 0.1) is 17.0 Å². The van der Waals surface area contributed by atoms with Gasteiger partial charge in [0.05, 0.1) is 17.6 Å². The average Bonchev–Trinajstić information content (AvgIpc) is 2.43. The summed E-state index contributed by atoms with van der Waals surface area (Å²) in [5.74, 6) is -1.18. The first-order valence-electron chi connectivity index (χ1n) is 5.93. The third-order valence-electron chi connectivity index (χ3n) is 2.59. The summed E-state index contributed by atoms with van der Waals surface area (Å²) in [6.45, 7) is 2.82. The Morgan fingerprint density at radius 3 is 2.57 bits per heavy atom. The number of ether oxygens (including phenoxy) is 1. The second-order valence-corrected chi connectivity index (χ2v) is 4.08. The van der Waals surface area contributed by atoms with Crippen LogP contribution >= 0.6 is 0 Å². The van der Waals surface area contributed by atoms with Crippen LogP contribution in [0.4, 0.5) is 11.4 Å². The van der Waals surface area contributed by atoms with Crippen molar-refractivity contribution < 1.29 is 19.2 Å². The maximum absolute atomic E-state index is 11.5. The Bertz CT molecular complexity index is 610. The van der Waals surface area contributed by atoms with Crippen molar-refractivity contribution >= 4 is 23.3 Å². The minimum Gasteiger partial charge on any atom is -0.464 e. The first kappa shape index (κ1) is 16.2. The van der Waals surface area contributed by atoms with Gasteiger partial charge in [0.1, 0.15) is 5.70 Å². The van der Waals surface area contributed by atoms with Gasteiger partial charge in [0, 0.05) is 24.9 Å². The van der Waals surface area contributed by atoms with Crippen LogP contribution < -0.4 is 10.6 Å². The number of carbonyl (C=O) groups is 2. The summed E-state index contributed by atoms with van der Waals surface area (Å²) >= 11 is 0. The van der Waals surface area contributed by atoms with E-state index in [2.05, 4.69) is 15.4 Å². The van der Waals surface area contributed by atoms with E-state index in [1.807, 2.05) is 0 Å². The number of amides is 1. The van der Waals surface area contributed by atoms with E-state index in [0.717, 1.165) is 0 Å². The number of rotatable bonds is 5. The van der Waals surface area contributed by atoms with Crippen molar-refractivity contribution in [1.82, 2.24) is 5.32 Å². The lowest BCUT2D eigenvalue weighted by atomic mass is 10.1. The smallest absolute Gasteiger partial charge is 0.356 e. The Kier molecular flexibility index (Phi) is 5.41. The van der Waals surface area contributed by atoms with E-state index in [0.29, 0.717) is 11.3 Å². The predicted octanol–water partition coefficient (Wildman–Crippen LogP) is 1.47. The van der Waals surface area contributed by atoms with Crippen molar-refractivity contribution in [1.29, 1.82) is 0 Å². The lowest BCUT2D eigenvalue weighted by Crippen LogP contribution is -2.26. The predicted molar refractivity (Wildman–Crippen MR) is 75.4 cm³/mol. The molecule has 0 saturated heterocycles. The third-order valence-corrected chi connectivity index (χ3v) is 2.59. The molecule has 21 heavy (non-hydrogen) atoms. The van der Waals surface area contributed by atoms with Gasteiger partial charge in [-0.25, -0.2) is 4.79 Å². The summed E-state index contributed by atoms with van der Waals surface area (Å²) in [4.78, 5) is 32.8. The topological polar surface area (TPSA) is 111 Å². The molecule has 0 aliphatic carbocycles. The molecule has 8 nitrogen and oxygen atoms in total. The Labute approximate surface area is 120 Å². The van der Waals surface area contributed by atoms with Gasteiger partial charge in [-0.3, -0.25) is 14.9 Å². The van der Waals surface area contributed by atoms with Gasteiger partial charge in [0.2, 0.25) is 5.91 Å². The number of hydrogen-bond donors (Lipinski definition) is 2. The van der Waals surface area contributed by atoms with Crippen LogP contribution in [0.15, 0.2) is 30.1 Å². The van der Waals surface area contributed by atoms with Crippen molar-refractivity contribution in [3.8, 4) is 0 Å². The second kappa shape index (κ2) is 7.04. The monoisotopic (exact) mass is 293 g/mol. The molecule has 1 amide bonds. The van der Waals surface area contributed by atoms with E-state index in [1.54, 1.807) is 13.0 Å². The zero-order chi connectivity index (χ0) is 16.0. The average molecular weight is 293 g/mol. The standard InChI is InChI=1S/C13H15N3O5/c1-8-10(5-4-6-12(8)16(19)20)14-7-11(13(18)21-3)15-9(2)17/h4-7,14H,1-3H3,(H,15,17)/b11-7-. The molecule has 0 saturated carbocycles. The van der Waals surface area contributed by atoms with Gasteiger partial charge in [-0.05, 0) is 13.0 Å². The molecule has 0 heterocycles. The number of anilines is 1. The maximum Gasteiger partial charge on any atom is 0.356 e. The molecule has 0 radical (unpaired) electrons. The molecule has 0 spiro atoms. The molecule has 0 bridgehead atoms. The summed E-state index contributed by atoms with van der Waals surface area (Å²) in [6, 6.07) is 4.50. The van der Waals surface area contributed by atoms with Crippen molar-refractivity contribution in [2.45, 2.75) is 13.8 Å². The molecule has 0 fully saturated rings. The molecule has 112 valence electrons. The fourth-order valence-corrected chi connectivity index (χ4v) is 1.57. The number of nitrogens with zero attached hydrogens (tertiary/aromatic N) is 1. The molecule has 0 aromatic heterocycles. The Hall–Kier alpha value is -2.90. The third kappa shape index (κ3) is 4.30. The fraction of sp³-hybridized carbons (Fsp3) is 0.231. The van der Waals surface area contributed by atoms with Crippen molar-refractivity contribution in [2.24, 2.45) is 0 Å². The van der Waals surface area contributed by atoms with Crippen LogP contribution in [0.3, 0.4) is 0 Å². The van der Waals surface area contributed by atoms with E-state index in [4.69, 9.17) is 0 Å². The van der Waals surface area contributed by atoms with Gasteiger partial charge in [0.25, 0.3) is 5.69 Å². The van der Waals surface area contributed by atoms with Crippen LogP contribution in [-0.4, -0.2) is 23.9 Å². The minimum atomic E-state index is -0.735. The highest BCUT2D eigenvalue weighted by Crippen LogP contribution is 2.25. The van der Waals surface area contributed by atoms with Crippen molar-refractivity contribution in [3.05, 3.63) is 45.8 Å². The molecule has 0 unspecified atom stereocenters. The van der Waals surface area contributed by atoms with Gasteiger partial charge in [-0.2, -0.15) is 0 Å². The molecular formula is C13H15N3O5. The minimum absolute atomic E-state index is 0.0486. The molecule has 0 aliphatic heterocycles. The van der Waals surface area contributed by atoms with E-state index in [9.17, 15) is 19.7 Å². The fourth-order valence-electron chi connectivity index (χ4n) is 1.57. The largest absolute Gasteiger partial charge is 0.464 e. The highest BCUT2D eigenvalue weighted by atomic mass is 16.6. The molecule has 0 aliphatic rings. The quantitative estimate of drug-likeness (QED) is 0.368. The number of nitro groups is 1. The lowest BCUT2D eigenvalue weighted by Gasteiger charge is -2.09. The SMILES string of the molecule is COC(=O)/C(=C/Nc1cccc([N+](=O)[O-])c1C)NC(C)=O. The van der Waals surface area contributed by atoms with Crippen LogP contribution in [0.2, 0.25) is 0 Å². The van der Waals surface area contributed by atoms with Crippen LogP contribution in [0.25, 0.3) is 0 Å². The summed E-state index contributed by atoms with van der Waals surface area (Å²) < 4.78 is 4.52. The van der Waals surface area contributed by atoms with Gasteiger partial charge < -0.3 is 15.4 Å². The van der Waals surface area contributed by atoms with Crippen molar-refractivity contribution in [3.63, 3.8) is 0 Å². The molecule has 1 aromatic rings. The second-order valence-electron chi connectivity index (χ2n) is 4.08. The zero-order valence-electron chi connectivity index (χ0n) is 11.8. The molecule has 8 heteroatoms. The zero-order valence-corrected chi connectivity index (χ0v) is 11.8. The molecule has 1 rings (SSSR count). The molecule has 0 atom stereocenters. The highest BCUT2D eigenvalue weighted by Gasteiger charge is 2.14. The highest BCUT2D eigenvalue weighted by molar-refractivity contribution is 5.93. The number of carbonyl (C=O) groups excluding carboxylic acids is 2. The summed E-state index contributed by atoms with van der Waals surface area (Å²) in [5, 5.41) is 15.9. The lowest BCUT2D eigenvalue weighted by molar-refractivity contribution is -0.385. The molecule has 2 N–H and O–H groups in total. The Morgan fingerprint density at radius 2 is 2.05 bits per heavy atom. The number of benzene rings is 1. The number of esters is 1. The summed E-state index contributed by atoms with van der Waals surface area (Å²) in [5.41, 5.74) is 0.699. The van der Waals surface area contributed by atoms with Gasteiger partial charge in [-0.15, -0.1) is 0 Å². The maximum atomic E-state index is 11.5. The first-order valence-corrected chi connectivity index (χ1v) is 5.93. The first-order chi connectivity index (χ1) is 9.86. The Morgan fingerprint density at radius 1 is 1.38 bits per heavy atom. The Balaban J connectivity index is 3.05. The number of nitrogens with one attached hydrogen (secondary N) is 2. The van der Waals surface area contributed by atoms with Gasteiger partial charge >= 0.3 is 5.97 Å². The number of methoxy groups -OCH3 is 1. The van der Waals surface area contributed by atoms with E-state index in [1.165, 1.54) is 32.4 Å². The van der Waals surface area contributed by atoms with E-state index >= 15 is 0 Å². The van der Waals surface area contributed by atoms with E-state index < -0.39 is 16.8 Å². The number of nitro benzene ring substituents is 1. The van der Waals surface area contributed by atoms with E-state index in [-0.39, 0.29) is 11.4 Å². The van der Waals surface area contributed by atoms with Crippen LogP contribution in [-0.2, 0) is 14.3 Å².